The van der Waals surface area contributed by atoms with Crippen LogP contribution in [0.3, 0.4) is 0 Å². The fourth-order valence-electron chi connectivity index (χ4n) is 2.30. The summed E-state index contributed by atoms with van der Waals surface area (Å²) in [5, 5.41) is 0. The van der Waals surface area contributed by atoms with Gasteiger partial charge in [-0.25, -0.2) is 0 Å². The number of halogens is 1. The molecule has 0 bridgehead atoms. The third-order valence-electron chi connectivity index (χ3n) is 3.37. The summed E-state index contributed by atoms with van der Waals surface area (Å²) in [6.07, 6.45) is 0.668. The fraction of sp³-hybridized carbons (Fsp3) is 0.500. The van der Waals surface area contributed by atoms with Crippen molar-refractivity contribution in [3.63, 3.8) is 0 Å². The summed E-state index contributed by atoms with van der Waals surface area (Å²) in [7, 11) is 3.27. The number of alkyl halides is 1. The van der Waals surface area contributed by atoms with Gasteiger partial charge in [-0.1, -0.05) is 22.6 Å². The molecule has 1 aliphatic heterocycles. The lowest BCUT2D eigenvalue weighted by atomic mass is 10.1. The summed E-state index contributed by atoms with van der Waals surface area (Å²) in [5.74, 6) is 2.25. The maximum Gasteiger partial charge on any atom is 0.223 e. The predicted octanol–water partition coefficient (Wildman–Crippen LogP) is 2.49. The molecular weight excluding hydrogens is 357 g/mol. The van der Waals surface area contributed by atoms with Gasteiger partial charge in [0.15, 0.2) is 0 Å². The summed E-state index contributed by atoms with van der Waals surface area (Å²) in [5.41, 5.74) is 1.02. The van der Waals surface area contributed by atoms with E-state index in [2.05, 4.69) is 22.6 Å². The second-order valence-corrected chi connectivity index (χ2v) is 5.56. The van der Waals surface area contributed by atoms with Crippen LogP contribution in [0, 0.1) is 5.92 Å². The summed E-state index contributed by atoms with van der Waals surface area (Å²) in [6, 6.07) is 5.71. The van der Waals surface area contributed by atoms with Gasteiger partial charge in [0.25, 0.3) is 0 Å². The molecule has 0 aromatic heterocycles. The van der Waals surface area contributed by atoms with Crippen molar-refractivity contribution in [3.8, 4) is 11.5 Å². The molecule has 0 spiro atoms. The molecule has 0 N–H and O–H groups in total. The molecule has 1 amide bonds. The Labute approximate surface area is 127 Å². The van der Waals surface area contributed by atoms with Gasteiger partial charge in [-0.15, -0.1) is 0 Å². The zero-order valence-corrected chi connectivity index (χ0v) is 13.3. The maximum absolute atomic E-state index is 11.9. The Balaban J connectivity index is 2.13. The molecule has 1 unspecified atom stereocenters. The van der Waals surface area contributed by atoms with E-state index in [0.717, 1.165) is 28.0 Å². The molecule has 1 aromatic carbocycles. The Bertz CT molecular complexity index is 464. The van der Waals surface area contributed by atoms with Crippen molar-refractivity contribution in [1.29, 1.82) is 0 Å². The monoisotopic (exact) mass is 375 g/mol. The lowest BCUT2D eigenvalue weighted by Gasteiger charge is -2.18. The van der Waals surface area contributed by atoms with Gasteiger partial charge in [-0.2, -0.15) is 0 Å². The van der Waals surface area contributed by atoms with Crippen molar-refractivity contribution in [1.82, 2.24) is 4.90 Å². The Kier molecular flexibility index (Phi) is 4.90. The zero-order valence-electron chi connectivity index (χ0n) is 11.2. The van der Waals surface area contributed by atoms with E-state index in [4.69, 9.17) is 9.47 Å². The van der Waals surface area contributed by atoms with Crippen LogP contribution in [0.4, 0.5) is 0 Å². The van der Waals surface area contributed by atoms with Gasteiger partial charge in [0.1, 0.15) is 11.5 Å². The SMILES string of the molecule is COc1ccc(CN2CC(CI)CC2=O)c(OC)c1. The number of carbonyl (C=O) groups excluding carboxylic acids is 1. The molecule has 1 atom stereocenters. The van der Waals surface area contributed by atoms with E-state index >= 15 is 0 Å². The van der Waals surface area contributed by atoms with E-state index in [0.29, 0.717) is 18.9 Å². The average Bonchev–Trinajstić information content (AvgIpc) is 2.80. The number of methoxy groups -OCH3 is 2. The average molecular weight is 375 g/mol. The molecule has 4 nitrogen and oxygen atoms in total. The number of rotatable bonds is 5. The largest absolute Gasteiger partial charge is 0.497 e. The van der Waals surface area contributed by atoms with Gasteiger partial charge < -0.3 is 14.4 Å². The van der Waals surface area contributed by atoms with E-state index < -0.39 is 0 Å². The van der Waals surface area contributed by atoms with Crippen LogP contribution in [-0.2, 0) is 11.3 Å². The predicted molar refractivity (Wildman–Crippen MR) is 82.0 cm³/mol. The molecule has 1 fully saturated rings. The first-order chi connectivity index (χ1) is 9.17. The van der Waals surface area contributed by atoms with Crippen LogP contribution in [0.15, 0.2) is 18.2 Å². The first kappa shape index (κ1) is 14.4. The highest BCUT2D eigenvalue weighted by atomic mass is 127. The first-order valence-electron chi connectivity index (χ1n) is 6.22. The number of carbonyl (C=O) groups is 1. The number of benzene rings is 1. The van der Waals surface area contributed by atoms with Crippen LogP contribution in [0.2, 0.25) is 0 Å². The van der Waals surface area contributed by atoms with Crippen LogP contribution < -0.4 is 9.47 Å². The fourth-order valence-corrected chi connectivity index (χ4v) is 2.89. The Morgan fingerprint density at radius 2 is 2.16 bits per heavy atom. The summed E-state index contributed by atoms with van der Waals surface area (Å²) in [6.45, 7) is 1.45. The molecule has 1 aromatic rings. The quantitative estimate of drug-likeness (QED) is 0.587. The lowest BCUT2D eigenvalue weighted by molar-refractivity contribution is -0.128. The van der Waals surface area contributed by atoms with Gasteiger partial charge in [-0.3, -0.25) is 4.79 Å². The molecule has 0 aliphatic carbocycles. The molecule has 1 aliphatic rings. The van der Waals surface area contributed by atoms with E-state index in [1.54, 1.807) is 14.2 Å². The number of nitrogens with zero attached hydrogens (tertiary/aromatic N) is 1. The van der Waals surface area contributed by atoms with Gasteiger partial charge in [-0.05, 0) is 18.1 Å². The standard InChI is InChI=1S/C14H18INO3/c1-18-12-4-3-11(13(6-12)19-2)9-16-8-10(7-15)5-14(16)17/h3-4,6,10H,5,7-9H2,1-2H3. The van der Waals surface area contributed by atoms with E-state index in [9.17, 15) is 4.79 Å². The van der Waals surface area contributed by atoms with E-state index in [1.807, 2.05) is 23.1 Å². The summed E-state index contributed by atoms with van der Waals surface area (Å²) < 4.78 is 11.6. The van der Waals surface area contributed by atoms with Crippen molar-refractivity contribution >= 4 is 28.5 Å². The van der Waals surface area contributed by atoms with Crippen LogP contribution in [0.25, 0.3) is 0 Å². The van der Waals surface area contributed by atoms with E-state index in [1.165, 1.54) is 0 Å². The lowest BCUT2D eigenvalue weighted by Crippen LogP contribution is -2.25. The van der Waals surface area contributed by atoms with Gasteiger partial charge in [0.05, 0.1) is 14.2 Å². The van der Waals surface area contributed by atoms with Crippen LogP contribution in [-0.4, -0.2) is 36.0 Å². The summed E-state index contributed by atoms with van der Waals surface area (Å²) in [4.78, 5) is 13.8. The molecule has 5 heteroatoms. The van der Waals surface area contributed by atoms with Crippen LogP contribution in [0.5, 0.6) is 11.5 Å². The second kappa shape index (κ2) is 6.45. The Morgan fingerprint density at radius 1 is 1.37 bits per heavy atom. The molecule has 1 saturated heterocycles. The van der Waals surface area contributed by atoms with E-state index in [-0.39, 0.29) is 5.91 Å². The number of ether oxygens (including phenoxy) is 2. The maximum atomic E-state index is 11.9. The van der Waals surface area contributed by atoms with Crippen LogP contribution in [0.1, 0.15) is 12.0 Å². The molecule has 104 valence electrons. The first-order valence-corrected chi connectivity index (χ1v) is 7.75. The van der Waals surface area contributed by atoms with Crippen molar-refractivity contribution in [3.05, 3.63) is 23.8 Å². The molecule has 2 rings (SSSR count). The van der Waals surface area contributed by atoms with Crippen molar-refractivity contribution in [2.24, 2.45) is 5.92 Å². The Morgan fingerprint density at radius 3 is 2.74 bits per heavy atom. The third kappa shape index (κ3) is 3.32. The topological polar surface area (TPSA) is 38.8 Å². The zero-order chi connectivity index (χ0) is 13.8. The van der Waals surface area contributed by atoms with Gasteiger partial charge in [0.2, 0.25) is 5.91 Å². The number of hydrogen-bond donors (Lipinski definition) is 0. The Hall–Kier alpha value is -0.980. The molecule has 0 saturated carbocycles. The highest BCUT2D eigenvalue weighted by Gasteiger charge is 2.29. The normalized spacial score (nSPS) is 18.8. The smallest absolute Gasteiger partial charge is 0.223 e. The molecular formula is C14H18INO3. The van der Waals surface area contributed by atoms with Gasteiger partial charge >= 0.3 is 0 Å². The summed E-state index contributed by atoms with van der Waals surface area (Å²) >= 11 is 2.34. The minimum absolute atomic E-state index is 0.236. The van der Waals surface area contributed by atoms with Crippen LogP contribution >= 0.6 is 22.6 Å². The van der Waals surface area contributed by atoms with Gasteiger partial charge in [0, 0.05) is 35.6 Å². The highest BCUT2D eigenvalue weighted by molar-refractivity contribution is 14.1. The number of amides is 1. The molecule has 0 radical (unpaired) electrons. The van der Waals surface area contributed by atoms with Crippen molar-refractivity contribution in [2.75, 3.05) is 25.2 Å². The minimum atomic E-state index is 0.236. The minimum Gasteiger partial charge on any atom is -0.497 e. The third-order valence-corrected chi connectivity index (χ3v) is 4.61. The van der Waals surface area contributed by atoms with Crippen molar-refractivity contribution in [2.45, 2.75) is 13.0 Å². The number of hydrogen-bond acceptors (Lipinski definition) is 3. The molecule has 1 heterocycles. The second-order valence-electron chi connectivity index (χ2n) is 4.68. The number of likely N-dealkylation sites (tertiary alicyclic amines) is 1. The molecule has 19 heavy (non-hydrogen) atoms. The van der Waals surface area contributed by atoms with Crippen molar-refractivity contribution < 1.29 is 14.3 Å². The highest BCUT2D eigenvalue weighted by Crippen LogP contribution is 2.28.